The quantitative estimate of drug-likeness (QED) is 0.0874. The smallest absolute Gasteiger partial charge is 0.356 e. The van der Waals surface area contributed by atoms with Crippen LogP contribution in [0.5, 0.6) is 0 Å². The van der Waals surface area contributed by atoms with E-state index in [9.17, 15) is 27.2 Å². The molecule has 0 saturated heterocycles. The summed E-state index contributed by atoms with van der Waals surface area (Å²) in [6, 6.07) is 29.1. The third kappa shape index (κ3) is 19.3. The van der Waals surface area contributed by atoms with Crippen LogP contribution in [0, 0.1) is 46.2 Å². The zero-order valence-electron chi connectivity index (χ0n) is 29.6. The van der Waals surface area contributed by atoms with Crippen molar-refractivity contribution >= 4 is 11.8 Å². The summed E-state index contributed by atoms with van der Waals surface area (Å²) in [5.74, 6) is -2.89. The van der Waals surface area contributed by atoms with Crippen LogP contribution in [0.4, 0.5) is 17.6 Å². The van der Waals surface area contributed by atoms with Gasteiger partial charge in [-0.25, -0.2) is 41.8 Å². The van der Waals surface area contributed by atoms with E-state index in [1.165, 1.54) is 24.3 Å². The predicted octanol–water partition coefficient (Wildman–Crippen LogP) is 9.31. The summed E-state index contributed by atoms with van der Waals surface area (Å²) >= 11 is 0. The zero-order chi connectivity index (χ0) is 36.0. The number of rotatable bonds is 12. The van der Waals surface area contributed by atoms with Gasteiger partial charge in [-0.2, -0.15) is 48.5 Å². The van der Waals surface area contributed by atoms with Crippen LogP contribution in [-0.4, -0.2) is 24.9 Å². The molecule has 264 valence electrons. The van der Waals surface area contributed by atoms with Gasteiger partial charge in [-0.15, -0.1) is 35.4 Å². The van der Waals surface area contributed by atoms with E-state index in [2.05, 4.69) is 10.6 Å². The molecule has 0 spiro atoms. The van der Waals surface area contributed by atoms with E-state index in [4.69, 9.17) is 0 Å². The number of carbonyl (C=O) groups excluding carboxylic acids is 2. The summed E-state index contributed by atoms with van der Waals surface area (Å²) in [6.45, 7) is 12.3. The summed E-state index contributed by atoms with van der Waals surface area (Å²) < 4.78 is 52.0. The average Bonchev–Trinajstić information content (AvgIpc) is 3.80. The first kappa shape index (κ1) is 45.5. The van der Waals surface area contributed by atoms with Gasteiger partial charge < -0.3 is 10.6 Å². The number of hydrogen-bond donors (Lipinski definition) is 2. The number of nitrogens with one attached hydrogen (secondary N) is 2. The molecular weight excluding hydrogens is 664 g/mol. The number of amides is 2. The van der Waals surface area contributed by atoms with Crippen LogP contribution in [-0.2, 0) is 44.1 Å². The van der Waals surface area contributed by atoms with Gasteiger partial charge in [0.15, 0.2) is 0 Å². The minimum absolute atomic E-state index is 0. The Kier molecular flexibility index (Phi) is 22.9. The Labute approximate surface area is 305 Å². The molecule has 0 radical (unpaired) electrons. The van der Waals surface area contributed by atoms with Crippen molar-refractivity contribution in [1.82, 2.24) is 10.6 Å². The van der Waals surface area contributed by atoms with Gasteiger partial charge in [-0.1, -0.05) is 67.2 Å². The van der Waals surface area contributed by atoms with Gasteiger partial charge in [0, 0.05) is 47.2 Å². The first-order valence-electron chi connectivity index (χ1n) is 16.4. The molecule has 0 fully saturated rings. The van der Waals surface area contributed by atoms with Crippen LogP contribution in [0.2, 0.25) is 0 Å². The molecule has 49 heavy (non-hydrogen) atoms. The molecule has 4 aromatic carbocycles. The topological polar surface area (TPSA) is 58.2 Å². The van der Waals surface area contributed by atoms with Crippen LogP contribution in [0.15, 0.2) is 84.9 Å². The van der Waals surface area contributed by atoms with Crippen LogP contribution >= 0.6 is 0 Å². The normalized spacial score (nSPS) is 10.5. The molecule has 9 heteroatoms. The monoisotopic (exact) mass is 714 g/mol. The maximum atomic E-state index is 13.3. The molecular formula is C40H50F4N2O2Ti. The molecule has 2 amide bonds. The van der Waals surface area contributed by atoms with Gasteiger partial charge in [-0.05, 0) is 12.8 Å². The van der Waals surface area contributed by atoms with Gasteiger partial charge >= 0.3 is 21.7 Å². The summed E-state index contributed by atoms with van der Waals surface area (Å²) in [7, 11) is 0. The molecule has 0 heterocycles. The van der Waals surface area contributed by atoms with E-state index >= 15 is 0 Å². The van der Waals surface area contributed by atoms with Crippen molar-refractivity contribution in [3.63, 3.8) is 0 Å². The largest absolute Gasteiger partial charge is 4.00 e. The van der Waals surface area contributed by atoms with Crippen molar-refractivity contribution in [3.05, 3.63) is 131 Å². The number of benzene rings is 2. The summed E-state index contributed by atoms with van der Waals surface area (Å²) in [6.07, 6.45) is 4.13. The standard InChI is InChI=1S/2C15H20F2NO.2C5H5.Ti/c2*1-4-8-15(2,3)14(19)18-9-7-11-5-6-12(16)10-13(11)17;2*1-2-4-5-3-1;/h2*5-6H,4,7-9H2,1-3H3,(H,18,19);2*1-5H;/q4*-1;+4. The Hall–Kier alpha value is -3.49. The number of halogens is 4. The van der Waals surface area contributed by atoms with Crippen molar-refractivity contribution < 1.29 is 48.9 Å². The number of hydrogen-bond acceptors (Lipinski definition) is 2. The Bertz CT molecular complexity index is 1290. The first-order chi connectivity index (χ1) is 22.7. The second-order valence-electron chi connectivity index (χ2n) is 12.5. The predicted molar refractivity (Wildman–Crippen MR) is 185 cm³/mol. The fourth-order valence-corrected chi connectivity index (χ4v) is 4.55. The molecule has 2 N–H and O–H groups in total. The van der Waals surface area contributed by atoms with Crippen molar-refractivity contribution in [2.45, 2.75) is 80.1 Å². The van der Waals surface area contributed by atoms with E-state index in [0.717, 1.165) is 25.7 Å². The van der Waals surface area contributed by atoms with Gasteiger partial charge in [-0.3, -0.25) is 9.59 Å². The maximum Gasteiger partial charge on any atom is 4.00 e. The molecule has 0 bridgehead atoms. The minimum Gasteiger partial charge on any atom is -0.356 e. The van der Waals surface area contributed by atoms with Gasteiger partial charge in [0.05, 0.1) is 0 Å². The van der Waals surface area contributed by atoms with Gasteiger partial charge in [0.1, 0.15) is 0 Å². The minimum atomic E-state index is -0.714. The van der Waals surface area contributed by atoms with Crippen molar-refractivity contribution in [2.75, 3.05) is 13.1 Å². The second-order valence-corrected chi connectivity index (χ2v) is 12.5. The van der Waals surface area contributed by atoms with Crippen molar-refractivity contribution in [1.29, 1.82) is 0 Å². The Morgan fingerprint density at radius 1 is 0.633 bits per heavy atom. The molecule has 4 nitrogen and oxygen atoms in total. The molecule has 4 aromatic rings. The number of carbonyl (C=O) groups is 2. The second kappa shape index (κ2) is 24.6. The summed E-state index contributed by atoms with van der Waals surface area (Å²) in [5, 5.41) is 5.57. The molecule has 0 aliphatic heterocycles. The fraction of sp³-hybridized carbons (Fsp3) is 0.400. The van der Waals surface area contributed by atoms with E-state index in [0.29, 0.717) is 37.1 Å². The van der Waals surface area contributed by atoms with Crippen molar-refractivity contribution in [3.8, 4) is 0 Å². The van der Waals surface area contributed by atoms with Crippen LogP contribution in [0.1, 0.15) is 78.4 Å². The first-order valence-corrected chi connectivity index (χ1v) is 16.4. The average molecular weight is 715 g/mol. The van der Waals surface area contributed by atoms with Crippen molar-refractivity contribution in [2.24, 2.45) is 10.8 Å². The summed E-state index contributed by atoms with van der Waals surface area (Å²) in [4.78, 5) is 23.8. The Balaban J connectivity index is 0.000000717. The van der Waals surface area contributed by atoms with E-state index < -0.39 is 34.1 Å². The van der Waals surface area contributed by atoms with E-state index in [-0.39, 0.29) is 33.5 Å². The van der Waals surface area contributed by atoms with Gasteiger partial charge in [0.25, 0.3) is 0 Å². The third-order valence-electron chi connectivity index (χ3n) is 7.33. The molecule has 0 unspecified atom stereocenters. The molecule has 0 aliphatic carbocycles. The van der Waals surface area contributed by atoms with Gasteiger partial charge in [0.2, 0.25) is 11.8 Å². The Morgan fingerprint density at radius 2 is 0.959 bits per heavy atom. The SMILES string of the molecule is CCCC(C)(C)C(=O)NCCc1ccc(F)[c-]c1F.CCCC(C)(C)C(=O)NCCc1ccc(F)[c-]c1F.[Ti+4].c1cc[cH-]c1.c1cc[cH-]c1. The van der Waals surface area contributed by atoms with Crippen LogP contribution in [0.25, 0.3) is 0 Å². The molecule has 0 atom stereocenters. The zero-order valence-corrected chi connectivity index (χ0v) is 31.1. The summed E-state index contributed by atoms with van der Waals surface area (Å²) in [5.41, 5.74) is -0.116. The maximum absolute atomic E-state index is 13.3. The molecule has 0 aliphatic rings. The van der Waals surface area contributed by atoms with Crippen LogP contribution < -0.4 is 10.6 Å². The van der Waals surface area contributed by atoms with E-state index in [1.54, 1.807) is 0 Å². The molecule has 4 rings (SSSR count). The fourth-order valence-electron chi connectivity index (χ4n) is 4.55. The third-order valence-corrected chi connectivity index (χ3v) is 7.33. The van der Waals surface area contributed by atoms with Crippen LogP contribution in [0.3, 0.4) is 0 Å². The Morgan fingerprint density at radius 3 is 1.20 bits per heavy atom. The molecule has 0 aromatic heterocycles. The molecule has 0 saturated carbocycles. The van der Waals surface area contributed by atoms with E-state index in [1.807, 2.05) is 114 Å².